The highest BCUT2D eigenvalue weighted by Crippen LogP contribution is 2.27. The van der Waals surface area contributed by atoms with Crippen molar-refractivity contribution in [2.45, 2.75) is 38.3 Å². The Balaban J connectivity index is 1.57. The second-order valence-electron chi connectivity index (χ2n) is 7.59. The molecule has 1 N–H and O–H groups in total. The number of amides is 1. The van der Waals surface area contributed by atoms with Crippen LogP contribution in [0.25, 0.3) is 0 Å². The number of hydrogen-bond donors (Lipinski definition) is 1. The van der Waals surface area contributed by atoms with Crippen molar-refractivity contribution in [1.82, 2.24) is 10.2 Å². The molecule has 0 saturated heterocycles. The van der Waals surface area contributed by atoms with E-state index in [0.29, 0.717) is 28.9 Å². The average Bonchev–Trinajstić information content (AvgIpc) is 3.17. The smallest absolute Gasteiger partial charge is 0.287 e. The fourth-order valence-electron chi connectivity index (χ4n) is 3.79. The molecule has 2 aromatic rings. The zero-order valence-electron chi connectivity index (χ0n) is 16.9. The zero-order valence-corrected chi connectivity index (χ0v) is 16.9. The SMILES string of the molecule is COc1ccccc1OCc1ccc(C(=O)NC2CCCCC2CN(C)C)o1. The summed E-state index contributed by atoms with van der Waals surface area (Å²) < 4.78 is 16.7. The number of ether oxygens (including phenoxy) is 2. The normalized spacial score (nSPS) is 19.4. The number of carbonyl (C=O) groups excluding carboxylic acids is 1. The Labute approximate surface area is 166 Å². The van der Waals surface area contributed by atoms with Gasteiger partial charge in [-0.2, -0.15) is 0 Å². The van der Waals surface area contributed by atoms with Crippen molar-refractivity contribution >= 4 is 5.91 Å². The number of nitrogens with zero attached hydrogens (tertiary/aromatic N) is 1. The van der Waals surface area contributed by atoms with Crippen LogP contribution in [0.3, 0.4) is 0 Å². The minimum Gasteiger partial charge on any atom is -0.493 e. The first-order valence-electron chi connectivity index (χ1n) is 9.87. The first-order valence-corrected chi connectivity index (χ1v) is 9.87. The Morgan fingerprint density at radius 1 is 1.14 bits per heavy atom. The van der Waals surface area contributed by atoms with Crippen molar-refractivity contribution in [2.24, 2.45) is 5.92 Å². The fraction of sp³-hybridized carbons (Fsp3) is 0.500. The first kappa shape index (κ1) is 20.3. The summed E-state index contributed by atoms with van der Waals surface area (Å²) in [6, 6.07) is 11.1. The summed E-state index contributed by atoms with van der Waals surface area (Å²) in [6.07, 6.45) is 4.56. The van der Waals surface area contributed by atoms with Gasteiger partial charge < -0.3 is 24.1 Å². The standard InChI is InChI=1S/C22H30N2O4/c1-24(2)14-16-8-4-5-9-18(16)23-22(25)21-13-12-17(28-21)15-27-20-11-7-6-10-19(20)26-3/h6-7,10-13,16,18H,4-5,8-9,14-15H2,1-3H3,(H,23,25). The molecule has 1 amide bonds. The molecular weight excluding hydrogens is 356 g/mol. The van der Waals surface area contributed by atoms with E-state index in [-0.39, 0.29) is 18.6 Å². The summed E-state index contributed by atoms with van der Waals surface area (Å²) in [7, 11) is 5.76. The third-order valence-electron chi connectivity index (χ3n) is 5.15. The maximum Gasteiger partial charge on any atom is 0.287 e. The highest BCUT2D eigenvalue weighted by molar-refractivity contribution is 5.91. The van der Waals surface area contributed by atoms with Crippen molar-refractivity contribution in [3.05, 3.63) is 47.9 Å². The summed E-state index contributed by atoms with van der Waals surface area (Å²) >= 11 is 0. The topological polar surface area (TPSA) is 63.9 Å². The summed E-state index contributed by atoms with van der Waals surface area (Å²) in [5.74, 6) is 2.56. The van der Waals surface area contributed by atoms with Gasteiger partial charge in [-0.1, -0.05) is 25.0 Å². The minimum atomic E-state index is -0.154. The summed E-state index contributed by atoms with van der Waals surface area (Å²) in [5, 5.41) is 3.18. The van der Waals surface area contributed by atoms with Crippen LogP contribution in [0.4, 0.5) is 0 Å². The van der Waals surface area contributed by atoms with E-state index in [9.17, 15) is 4.79 Å². The molecule has 152 valence electrons. The van der Waals surface area contributed by atoms with Crippen molar-refractivity contribution in [3.8, 4) is 11.5 Å². The number of carbonyl (C=O) groups is 1. The molecule has 0 spiro atoms. The number of rotatable bonds is 8. The molecule has 1 aromatic heterocycles. The summed E-state index contributed by atoms with van der Waals surface area (Å²) in [4.78, 5) is 14.8. The maximum absolute atomic E-state index is 12.7. The zero-order chi connectivity index (χ0) is 19.9. The molecule has 1 aliphatic rings. The maximum atomic E-state index is 12.7. The molecule has 3 rings (SSSR count). The highest BCUT2D eigenvalue weighted by Gasteiger charge is 2.28. The van der Waals surface area contributed by atoms with Gasteiger partial charge in [-0.05, 0) is 57.1 Å². The number of furan rings is 1. The predicted octanol–water partition coefficient (Wildman–Crippen LogP) is 3.72. The number of hydrogen-bond acceptors (Lipinski definition) is 5. The lowest BCUT2D eigenvalue weighted by molar-refractivity contribution is 0.0863. The Bertz CT molecular complexity index is 771. The number of benzene rings is 1. The van der Waals surface area contributed by atoms with E-state index in [4.69, 9.17) is 13.9 Å². The molecule has 0 aliphatic heterocycles. The first-order chi connectivity index (χ1) is 13.6. The van der Waals surface area contributed by atoms with Gasteiger partial charge in [0.15, 0.2) is 17.3 Å². The van der Waals surface area contributed by atoms with Crippen LogP contribution in [0.1, 0.15) is 42.0 Å². The van der Waals surface area contributed by atoms with E-state index >= 15 is 0 Å². The Kier molecular flexibility index (Phi) is 6.98. The van der Waals surface area contributed by atoms with Gasteiger partial charge >= 0.3 is 0 Å². The van der Waals surface area contributed by atoms with Gasteiger partial charge in [0.1, 0.15) is 12.4 Å². The minimum absolute atomic E-state index is 0.154. The van der Waals surface area contributed by atoms with Gasteiger partial charge in [0, 0.05) is 12.6 Å². The largest absolute Gasteiger partial charge is 0.493 e. The molecule has 1 fully saturated rings. The lowest BCUT2D eigenvalue weighted by atomic mass is 9.84. The molecule has 1 heterocycles. The molecule has 2 atom stereocenters. The predicted molar refractivity (Wildman–Crippen MR) is 108 cm³/mol. The fourth-order valence-corrected chi connectivity index (χ4v) is 3.79. The van der Waals surface area contributed by atoms with Crippen molar-refractivity contribution in [3.63, 3.8) is 0 Å². The van der Waals surface area contributed by atoms with Gasteiger partial charge in [-0.25, -0.2) is 0 Å². The molecule has 0 radical (unpaired) electrons. The van der Waals surface area contributed by atoms with Crippen LogP contribution < -0.4 is 14.8 Å². The molecule has 6 nitrogen and oxygen atoms in total. The number of methoxy groups -OCH3 is 1. The van der Waals surface area contributed by atoms with E-state index < -0.39 is 0 Å². The molecule has 1 aliphatic carbocycles. The van der Waals surface area contributed by atoms with Crippen LogP contribution in [0.5, 0.6) is 11.5 Å². The molecule has 28 heavy (non-hydrogen) atoms. The van der Waals surface area contributed by atoms with Crippen molar-refractivity contribution in [2.75, 3.05) is 27.7 Å². The molecule has 0 bridgehead atoms. The van der Waals surface area contributed by atoms with Crippen LogP contribution in [-0.4, -0.2) is 44.6 Å². The van der Waals surface area contributed by atoms with E-state index in [1.807, 2.05) is 24.3 Å². The summed E-state index contributed by atoms with van der Waals surface area (Å²) in [5.41, 5.74) is 0. The van der Waals surface area contributed by atoms with Crippen LogP contribution in [-0.2, 0) is 6.61 Å². The lowest BCUT2D eigenvalue weighted by Crippen LogP contribution is -2.45. The van der Waals surface area contributed by atoms with Crippen LogP contribution in [0, 0.1) is 5.92 Å². The monoisotopic (exact) mass is 386 g/mol. The number of nitrogens with one attached hydrogen (secondary N) is 1. The average molecular weight is 386 g/mol. The lowest BCUT2D eigenvalue weighted by Gasteiger charge is -2.33. The van der Waals surface area contributed by atoms with Gasteiger partial charge in [-0.15, -0.1) is 0 Å². The van der Waals surface area contributed by atoms with Crippen LogP contribution >= 0.6 is 0 Å². The van der Waals surface area contributed by atoms with E-state index in [0.717, 1.165) is 25.8 Å². The molecule has 1 saturated carbocycles. The Hall–Kier alpha value is -2.47. The molecule has 2 unspecified atom stereocenters. The van der Waals surface area contributed by atoms with Gasteiger partial charge in [0.25, 0.3) is 5.91 Å². The number of para-hydroxylation sites is 2. The van der Waals surface area contributed by atoms with Gasteiger partial charge in [-0.3, -0.25) is 4.79 Å². The van der Waals surface area contributed by atoms with E-state index in [1.165, 1.54) is 6.42 Å². The quantitative estimate of drug-likeness (QED) is 0.749. The third-order valence-corrected chi connectivity index (χ3v) is 5.15. The van der Waals surface area contributed by atoms with Crippen molar-refractivity contribution in [1.29, 1.82) is 0 Å². The van der Waals surface area contributed by atoms with Crippen LogP contribution in [0.15, 0.2) is 40.8 Å². The highest BCUT2D eigenvalue weighted by atomic mass is 16.5. The Morgan fingerprint density at radius 2 is 1.89 bits per heavy atom. The van der Waals surface area contributed by atoms with Crippen molar-refractivity contribution < 1.29 is 18.7 Å². The summed E-state index contributed by atoms with van der Waals surface area (Å²) in [6.45, 7) is 1.22. The second kappa shape index (κ2) is 9.64. The van der Waals surface area contributed by atoms with E-state index in [1.54, 1.807) is 19.2 Å². The van der Waals surface area contributed by atoms with Crippen LogP contribution in [0.2, 0.25) is 0 Å². The second-order valence-corrected chi connectivity index (χ2v) is 7.59. The third kappa shape index (κ3) is 5.29. The molecule has 6 heteroatoms. The molecule has 1 aromatic carbocycles. The van der Waals surface area contributed by atoms with Gasteiger partial charge in [0.2, 0.25) is 0 Å². The van der Waals surface area contributed by atoms with E-state index in [2.05, 4.69) is 24.3 Å². The molecular formula is C22H30N2O4. The Morgan fingerprint density at radius 3 is 2.64 bits per heavy atom. The van der Waals surface area contributed by atoms with Gasteiger partial charge in [0.05, 0.1) is 7.11 Å².